The molecule has 84 valence electrons. The zero-order valence-electron chi connectivity index (χ0n) is 9.20. The van der Waals surface area contributed by atoms with Crippen molar-refractivity contribution in [3.63, 3.8) is 0 Å². The van der Waals surface area contributed by atoms with Crippen LogP contribution >= 0.6 is 11.3 Å². The minimum Gasteiger partial charge on any atom is -0.308 e. The number of nitrogens with zero attached hydrogens (tertiary/aromatic N) is 1. The summed E-state index contributed by atoms with van der Waals surface area (Å²) >= 11 is 1.66. The Labute approximate surface area is 98.2 Å². The molecule has 0 aliphatic heterocycles. The highest BCUT2D eigenvalue weighted by atomic mass is 32.1. The van der Waals surface area contributed by atoms with Crippen molar-refractivity contribution < 1.29 is 4.39 Å². The first kappa shape index (κ1) is 11.2. The Balaban J connectivity index is 2.45. The number of hydrogen-bond donors (Lipinski definition) is 1. The first-order valence-corrected chi connectivity index (χ1v) is 5.93. The van der Waals surface area contributed by atoms with Crippen molar-refractivity contribution in [1.82, 2.24) is 10.3 Å². The average molecular weight is 236 g/mol. The number of halogens is 1. The monoisotopic (exact) mass is 236 g/mol. The fourth-order valence-corrected chi connectivity index (χ4v) is 2.48. The van der Waals surface area contributed by atoms with Gasteiger partial charge in [0.2, 0.25) is 0 Å². The highest BCUT2D eigenvalue weighted by Crippen LogP contribution is 2.27. The zero-order valence-corrected chi connectivity index (χ0v) is 10.0. The van der Waals surface area contributed by atoms with Crippen LogP contribution in [-0.2, 0) is 0 Å². The van der Waals surface area contributed by atoms with Crippen molar-refractivity contribution in [2.45, 2.75) is 13.0 Å². The fourth-order valence-electron chi connectivity index (χ4n) is 1.74. The van der Waals surface area contributed by atoms with Crippen LogP contribution in [0.25, 0.3) is 0 Å². The van der Waals surface area contributed by atoms with Gasteiger partial charge in [-0.1, -0.05) is 0 Å². The highest BCUT2D eigenvalue weighted by Gasteiger charge is 2.19. The van der Waals surface area contributed by atoms with Gasteiger partial charge in [0.15, 0.2) is 0 Å². The fraction of sp³-hybridized carbons (Fsp3) is 0.250. The molecule has 0 saturated heterocycles. The van der Waals surface area contributed by atoms with Gasteiger partial charge in [-0.2, -0.15) is 0 Å². The zero-order chi connectivity index (χ0) is 11.5. The molecule has 1 N–H and O–H groups in total. The van der Waals surface area contributed by atoms with Gasteiger partial charge in [-0.15, -0.1) is 11.3 Å². The van der Waals surface area contributed by atoms with Crippen LogP contribution < -0.4 is 5.32 Å². The maximum atomic E-state index is 13.7. The van der Waals surface area contributed by atoms with Crippen LogP contribution in [0.3, 0.4) is 0 Å². The van der Waals surface area contributed by atoms with Crippen LogP contribution in [0.15, 0.2) is 29.8 Å². The highest BCUT2D eigenvalue weighted by molar-refractivity contribution is 7.10. The van der Waals surface area contributed by atoms with Crippen LogP contribution in [0, 0.1) is 12.7 Å². The lowest BCUT2D eigenvalue weighted by atomic mass is 10.0. The quantitative estimate of drug-likeness (QED) is 0.886. The Bertz CT molecular complexity index is 481. The summed E-state index contributed by atoms with van der Waals surface area (Å²) in [5, 5.41) is 5.12. The second kappa shape index (κ2) is 4.72. The molecule has 16 heavy (non-hydrogen) atoms. The third kappa shape index (κ3) is 1.99. The molecular formula is C12H13FN2S. The molecule has 2 aromatic heterocycles. The first-order valence-electron chi connectivity index (χ1n) is 5.05. The molecule has 0 amide bonds. The number of aryl methyl sites for hydroxylation is 1. The first-order chi connectivity index (χ1) is 7.74. The number of thiophene rings is 1. The van der Waals surface area contributed by atoms with Crippen LogP contribution in [0.1, 0.15) is 22.2 Å². The normalized spacial score (nSPS) is 12.7. The Morgan fingerprint density at radius 3 is 2.81 bits per heavy atom. The van der Waals surface area contributed by atoms with E-state index in [1.807, 2.05) is 25.4 Å². The van der Waals surface area contributed by atoms with Gasteiger partial charge in [0.05, 0.1) is 11.7 Å². The van der Waals surface area contributed by atoms with Gasteiger partial charge in [-0.25, -0.2) is 4.39 Å². The van der Waals surface area contributed by atoms with Gasteiger partial charge in [0.1, 0.15) is 5.82 Å². The molecule has 0 aliphatic carbocycles. The Morgan fingerprint density at radius 2 is 2.25 bits per heavy atom. The van der Waals surface area contributed by atoms with Crippen molar-refractivity contribution in [1.29, 1.82) is 0 Å². The summed E-state index contributed by atoms with van der Waals surface area (Å²) in [7, 11) is 1.82. The summed E-state index contributed by atoms with van der Waals surface area (Å²) in [6.07, 6.45) is 1.62. The van der Waals surface area contributed by atoms with Crippen molar-refractivity contribution in [3.05, 3.63) is 51.7 Å². The molecule has 0 radical (unpaired) electrons. The van der Waals surface area contributed by atoms with Gasteiger partial charge in [0, 0.05) is 11.1 Å². The number of pyridine rings is 1. The third-order valence-electron chi connectivity index (χ3n) is 2.56. The lowest BCUT2D eigenvalue weighted by Gasteiger charge is -2.16. The number of aromatic nitrogens is 1. The summed E-state index contributed by atoms with van der Waals surface area (Å²) < 4.78 is 13.7. The molecule has 2 rings (SSSR count). The predicted molar refractivity (Wildman–Crippen MR) is 64.2 cm³/mol. The van der Waals surface area contributed by atoms with Gasteiger partial charge < -0.3 is 5.32 Å². The van der Waals surface area contributed by atoms with E-state index in [9.17, 15) is 4.39 Å². The largest absolute Gasteiger partial charge is 0.308 e. The Hall–Kier alpha value is -1.26. The van der Waals surface area contributed by atoms with Gasteiger partial charge in [0.25, 0.3) is 0 Å². The molecule has 0 spiro atoms. The maximum absolute atomic E-state index is 13.7. The molecule has 0 saturated carbocycles. The van der Waals surface area contributed by atoms with E-state index in [0.717, 1.165) is 5.56 Å². The molecule has 4 heteroatoms. The van der Waals surface area contributed by atoms with Crippen molar-refractivity contribution in [2.75, 3.05) is 7.05 Å². The molecule has 0 bridgehead atoms. The molecule has 2 aromatic rings. The second-order valence-electron chi connectivity index (χ2n) is 3.52. The minimum atomic E-state index is -0.271. The smallest absolute Gasteiger partial charge is 0.146 e. The molecule has 0 aromatic carbocycles. The Morgan fingerprint density at radius 1 is 1.44 bits per heavy atom. The van der Waals surface area contributed by atoms with E-state index in [1.165, 1.54) is 10.9 Å². The van der Waals surface area contributed by atoms with E-state index >= 15 is 0 Å². The van der Waals surface area contributed by atoms with Crippen LogP contribution in [0.2, 0.25) is 0 Å². The van der Waals surface area contributed by atoms with Crippen molar-refractivity contribution >= 4 is 11.3 Å². The lowest BCUT2D eigenvalue weighted by Crippen LogP contribution is -2.20. The molecule has 1 unspecified atom stereocenters. The van der Waals surface area contributed by atoms with E-state index < -0.39 is 0 Å². The third-order valence-corrected chi connectivity index (χ3v) is 3.42. The van der Waals surface area contributed by atoms with Crippen LogP contribution in [-0.4, -0.2) is 12.0 Å². The van der Waals surface area contributed by atoms with Crippen LogP contribution in [0.5, 0.6) is 0 Å². The number of nitrogens with one attached hydrogen (secondary N) is 1. The van der Waals surface area contributed by atoms with Gasteiger partial charge >= 0.3 is 0 Å². The van der Waals surface area contributed by atoms with Crippen LogP contribution in [0.4, 0.5) is 4.39 Å². The summed E-state index contributed by atoms with van der Waals surface area (Å²) in [6.45, 7) is 2.03. The average Bonchev–Trinajstić information content (AvgIpc) is 2.69. The number of hydrogen-bond acceptors (Lipinski definition) is 3. The van der Waals surface area contributed by atoms with E-state index in [2.05, 4.69) is 10.3 Å². The second-order valence-corrected chi connectivity index (χ2v) is 4.64. The van der Waals surface area contributed by atoms with E-state index in [-0.39, 0.29) is 11.9 Å². The molecule has 1 atom stereocenters. The lowest BCUT2D eigenvalue weighted by molar-refractivity contribution is 0.559. The summed E-state index contributed by atoms with van der Waals surface area (Å²) in [5.74, 6) is -0.271. The molecular weight excluding hydrogens is 223 g/mol. The summed E-state index contributed by atoms with van der Waals surface area (Å²) in [6, 6.07) is 4.88. The summed E-state index contributed by atoms with van der Waals surface area (Å²) in [5.41, 5.74) is 1.54. The van der Waals surface area contributed by atoms with Gasteiger partial charge in [-0.05, 0) is 43.1 Å². The predicted octanol–water partition coefficient (Wildman–Crippen LogP) is 2.90. The molecule has 0 fully saturated rings. The van der Waals surface area contributed by atoms with E-state index in [1.54, 1.807) is 23.6 Å². The van der Waals surface area contributed by atoms with Crippen molar-refractivity contribution in [3.8, 4) is 0 Å². The molecule has 0 aliphatic rings. The Kier molecular flexibility index (Phi) is 3.31. The molecule has 2 heterocycles. The minimum absolute atomic E-state index is 0.174. The topological polar surface area (TPSA) is 24.9 Å². The van der Waals surface area contributed by atoms with E-state index in [4.69, 9.17) is 0 Å². The summed E-state index contributed by atoms with van der Waals surface area (Å²) in [4.78, 5) is 5.30. The number of rotatable bonds is 3. The maximum Gasteiger partial charge on any atom is 0.146 e. The van der Waals surface area contributed by atoms with Gasteiger partial charge in [-0.3, -0.25) is 4.98 Å². The standard InChI is InChI=1S/C12H13FN2S/c1-8-9(5-7-16-8)11(14-2)12-10(13)4-3-6-15-12/h3-7,11,14H,1-2H3. The SMILES string of the molecule is CNC(c1ccsc1C)c1ncccc1F. The molecule has 2 nitrogen and oxygen atoms in total. The van der Waals surface area contributed by atoms with E-state index in [0.29, 0.717) is 5.69 Å². The van der Waals surface area contributed by atoms with Crippen molar-refractivity contribution in [2.24, 2.45) is 0 Å².